The third kappa shape index (κ3) is 2.67. The van der Waals surface area contributed by atoms with Crippen molar-refractivity contribution in [1.82, 2.24) is 4.98 Å². The maximum Gasteiger partial charge on any atom is 0.231 e. The van der Waals surface area contributed by atoms with Crippen LogP contribution in [0.25, 0.3) is 10.2 Å². The molecule has 0 aliphatic carbocycles. The fraction of sp³-hybridized carbons (Fsp3) is 0.133. The number of benzene rings is 2. The van der Waals surface area contributed by atoms with Gasteiger partial charge in [0, 0.05) is 19.8 Å². The Kier molecular flexibility index (Phi) is 3.43. The van der Waals surface area contributed by atoms with Crippen LogP contribution in [0, 0.1) is 0 Å². The fourth-order valence-electron chi connectivity index (χ4n) is 1.82. The lowest BCUT2D eigenvalue weighted by Crippen LogP contribution is -2.07. The van der Waals surface area contributed by atoms with Crippen LogP contribution >= 0.6 is 11.3 Å². The number of aromatic nitrogens is 1. The summed E-state index contributed by atoms with van der Waals surface area (Å²) in [6.07, 6.45) is 0. The van der Waals surface area contributed by atoms with Crippen LogP contribution in [0.5, 0.6) is 0 Å². The zero-order valence-electron chi connectivity index (χ0n) is 11.3. The van der Waals surface area contributed by atoms with Crippen molar-refractivity contribution in [3.05, 3.63) is 48.5 Å². The highest BCUT2D eigenvalue weighted by Gasteiger charge is 2.01. The highest BCUT2D eigenvalue weighted by atomic mass is 32.1. The molecule has 20 heavy (non-hydrogen) atoms. The molecule has 1 heterocycles. The van der Waals surface area contributed by atoms with Gasteiger partial charge in [-0.05, 0) is 36.4 Å². The first kappa shape index (κ1) is 12.7. The zero-order valence-corrected chi connectivity index (χ0v) is 12.1. The smallest absolute Gasteiger partial charge is 0.231 e. The summed E-state index contributed by atoms with van der Waals surface area (Å²) in [6.45, 7) is 0. The number of anilines is 1. The number of nitrogens with zero attached hydrogens (tertiary/aromatic N) is 4. The molecule has 100 valence electrons. The Labute approximate surface area is 121 Å². The zero-order chi connectivity index (χ0) is 13.9. The van der Waals surface area contributed by atoms with Gasteiger partial charge in [0.15, 0.2) is 0 Å². The third-order valence-corrected chi connectivity index (χ3v) is 3.82. The van der Waals surface area contributed by atoms with E-state index in [0.717, 1.165) is 21.6 Å². The minimum Gasteiger partial charge on any atom is -0.378 e. The van der Waals surface area contributed by atoms with Gasteiger partial charge in [0.1, 0.15) is 0 Å². The standard InChI is InChI=1S/C15H14N4S/c1-19(2)12-9-7-11(8-10-12)17-18-15-16-13-5-3-4-6-14(13)20-15/h3-10H,1-2H3. The number of azo groups is 1. The first-order chi connectivity index (χ1) is 9.72. The first-order valence-electron chi connectivity index (χ1n) is 6.27. The molecule has 0 amide bonds. The summed E-state index contributed by atoms with van der Waals surface area (Å²) in [5, 5.41) is 9.12. The molecule has 0 radical (unpaired) electrons. The van der Waals surface area contributed by atoms with Crippen molar-refractivity contribution in [2.45, 2.75) is 0 Å². The molecule has 0 spiro atoms. The maximum absolute atomic E-state index is 4.42. The van der Waals surface area contributed by atoms with Crippen molar-refractivity contribution in [3.63, 3.8) is 0 Å². The van der Waals surface area contributed by atoms with Crippen LogP contribution in [-0.4, -0.2) is 19.1 Å². The van der Waals surface area contributed by atoms with Crippen LogP contribution in [0.1, 0.15) is 0 Å². The first-order valence-corrected chi connectivity index (χ1v) is 7.09. The van der Waals surface area contributed by atoms with Crippen LogP contribution < -0.4 is 4.90 Å². The monoisotopic (exact) mass is 282 g/mol. The van der Waals surface area contributed by atoms with E-state index in [9.17, 15) is 0 Å². The fourth-order valence-corrected chi connectivity index (χ4v) is 2.61. The topological polar surface area (TPSA) is 40.9 Å². The molecule has 0 fully saturated rings. The molecule has 3 aromatic rings. The average Bonchev–Trinajstić information content (AvgIpc) is 2.88. The molecule has 0 aliphatic rings. The van der Waals surface area contributed by atoms with Crippen molar-refractivity contribution in [1.29, 1.82) is 0 Å². The summed E-state index contributed by atoms with van der Waals surface area (Å²) in [6, 6.07) is 15.9. The molecule has 0 unspecified atom stereocenters. The second-order valence-corrected chi connectivity index (χ2v) is 5.58. The van der Waals surface area contributed by atoms with Crippen LogP contribution in [0.4, 0.5) is 16.5 Å². The van der Waals surface area contributed by atoms with E-state index in [4.69, 9.17) is 0 Å². The van der Waals surface area contributed by atoms with Crippen LogP contribution in [0.15, 0.2) is 58.8 Å². The Morgan fingerprint density at radius 2 is 1.70 bits per heavy atom. The van der Waals surface area contributed by atoms with E-state index in [1.165, 1.54) is 0 Å². The Bertz CT molecular complexity index is 711. The molecular formula is C15H14N4S. The summed E-state index contributed by atoms with van der Waals surface area (Å²) in [4.78, 5) is 6.47. The molecule has 4 nitrogen and oxygen atoms in total. The predicted molar refractivity (Wildman–Crippen MR) is 84.6 cm³/mol. The minimum atomic E-state index is 0.683. The second-order valence-electron chi connectivity index (χ2n) is 4.57. The van der Waals surface area contributed by atoms with Gasteiger partial charge in [-0.3, -0.25) is 0 Å². The molecule has 0 aliphatic heterocycles. The molecule has 0 N–H and O–H groups in total. The minimum absolute atomic E-state index is 0.683. The molecule has 3 rings (SSSR count). The van der Waals surface area contributed by atoms with Crippen molar-refractivity contribution in [2.24, 2.45) is 10.2 Å². The van der Waals surface area contributed by atoms with Crippen LogP contribution in [0.2, 0.25) is 0 Å². The Morgan fingerprint density at radius 1 is 0.950 bits per heavy atom. The highest BCUT2D eigenvalue weighted by Crippen LogP contribution is 2.29. The lowest BCUT2D eigenvalue weighted by Gasteiger charge is -2.11. The molecule has 0 saturated carbocycles. The molecule has 2 aromatic carbocycles. The molecular weight excluding hydrogens is 268 g/mol. The summed E-state index contributed by atoms with van der Waals surface area (Å²) >= 11 is 1.54. The Balaban J connectivity index is 1.82. The third-order valence-electron chi connectivity index (χ3n) is 2.90. The van der Waals surface area contributed by atoms with Gasteiger partial charge in [0.05, 0.1) is 15.9 Å². The van der Waals surface area contributed by atoms with E-state index in [1.54, 1.807) is 11.3 Å². The van der Waals surface area contributed by atoms with E-state index < -0.39 is 0 Å². The number of hydrogen-bond acceptors (Lipinski definition) is 5. The number of fused-ring (bicyclic) bond motifs is 1. The van der Waals surface area contributed by atoms with Crippen molar-refractivity contribution < 1.29 is 0 Å². The summed E-state index contributed by atoms with van der Waals surface area (Å²) < 4.78 is 1.13. The van der Waals surface area contributed by atoms with Gasteiger partial charge in [-0.15, -0.1) is 10.2 Å². The van der Waals surface area contributed by atoms with Crippen molar-refractivity contribution in [2.75, 3.05) is 19.0 Å². The van der Waals surface area contributed by atoms with Gasteiger partial charge < -0.3 is 4.90 Å². The Morgan fingerprint density at radius 3 is 2.40 bits per heavy atom. The quantitative estimate of drug-likeness (QED) is 0.649. The SMILES string of the molecule is CN(C)c1ccc(N=Nc2nc3ccccc3s2)cc1. The molecule has 0 atom stereocenters. The molecule has 0 saturated heterocycles. The highest BCUT2D eigenvalue weighted by molar-refractivity contribution is 7.21. The number of hydrogen-bond donors (Lipinski definition) is 0. The lowest BCUT2D eigenvalue weighted by atomic mass is 10.3. The largest absolute Gasteiger partial charge is 0.378 e. The van der Waals surface area contributed by atoms with E-state index in [2.05, 4.69) is 20.1 Å². The van der Waals surface area contributed by atoms with Gasteiger partial charge >= 0.3 is 0 Å². The summed E-state index contributed by atoms with van der Waals surface area (Å²) in [5.41, 5.74) is 2.94. The summed E-state index contributed by atoms with van der Waals surface area (Å²) in [7, 11) is 4.02. The Hall–Kier alpha value is -2.27. The average molecular weight is 282 g/mol. The van der Waals surface area contributed by atoms with E-state index in [0.29, 0.717) is 5.13 Å². The number of rotatable bonds is 3. The van der Waals surface area contributed by atoms with Crippen molar-refractivity contribution >= 4 is 38.1 Å². The van der Waals surface area contributed by atoms with E-state index >= 15 is 0 Å². The normalized spacial score (nSPS) is 11.3. The van der Waals surface area contributed by atoms with Gasteiger partial charge in [-0.1, -0.05) is 23.5 Å². The van der Waals surface area contributed by atoms with E-state index in [-0.39, 0.29) is 0 Å². The number of thiazole rings is 1. The van der Waals surface area contributed by atoms with Crippen LogP contribution in [-0.2, 0) is 0 Å². The van der Waals surface area contributed by atoms with Gasteiger partial charge in [0.2, 0.25) is 5.13 Å². The predicted octanol–water partition coefficient (Wildman–Crippen LogP) is 4.78. The van der Waals surface area contributed by atoms with E-state index in [1.807, 2.05) is 62.6 Å². The maximum atomic E-state index is 4.42. The molecule has 0 bridgehead atoms. The summed E-state index contributed by atoms with van der Waals surface area (Å²) in [5.74, 6) is 0. The second kappa shape index (κ2) is 5.38. The van der Waals surface area contributed by atoms with Gasteiger partial charge in [-0.2, -0.15) is 0 Å². The van der Waals surface area contributed by atoms with Crippen molar-refractivity contribution in [3.8, 4) is 0 Å². The van der Waals surface area contributed by atoms with Gasteiger partial charge in [-0.25, -0.2) is 4.98 Å². The van der Waals surface area contributed by atoms with Gasteiger partial charge in [0.25, 0.3) is 0 Å². The lowest BCUT2D eigenvalue weighted by molar-refractivity contribution is 1.13. The molecule has 5 heteroatoms. The molecule has 1 aromatic heterocycles. The number of para-hydroxylation sites is 1. The van der Waals surface area contributed by atoms with Crippen LogP contribution in [0.3, 0.4) is 0 Å².